The van der Waals surface area contributed by atoms with E-state index in [1.54, 1.807) is 60.7 Å². The predicted octanol–water partition coefficient (Wildman–Crippen LogP) is 3.17. The van der Waals surface area contributed by atoms with Crippen LogP contribution in [0.3, 0.4) is 0 Å². The zero-order chi connectivity index (χ0) is 20.1. The van der Waals surface area contributed by atoms with Crippen molar-refractivity contribution in [2.45, 2.75) is 31.1 Å². The van der Waals surface area contributed by atoms with Crippen molar-refractivity contribution in [1.29, 1.82) is 0 Å². The molecule has 28 heavy (non-hydrogen) atoms. The third kappa shape index (κ3) is 4.05. The Balaban J connectivity index is 1.67. The quantitative estimate of drug-likeness (QED) is 0.708. The molecule has 0 amide bonds. The van der Waals surface area contributed by atoms with E-state index in [0.717, 1.165) is 0 Å². The van der Waals surface area contributed by atoms with Crippen LogP contribution in [0, 0.1) is 0 Å². The van der Waals surface area contributed by atoms with Gasteiger partial charge in [-0.05, 0) is 31.2 Å². The highest BCUT2D eigenvalue weighted by Crippen LogP contribution is 2.38. The van der Waals surface area contributed by atoms with Crippen LogP contribution in [0.15, 0.2) is 60.7 Å². The summed E-state index contributed by atoms with van der Waals surface area (Å²) in [5.41, 5.74) is -1.06. The average molecular weight is 388 g/mol. The van der Waals surface area contributed by atoms with E-state index in [4.69, 9.17) is 18.9 Å². The normalized spacial score (nSPS) is 26.6. The third-order valence-electron chi connectivity index (χ3n) is 4.56. The van der Waals surface area contributed by atoms with Crippen LogP contribution < -0.4 is 0 Å². The first kappa shape index (κ1) is 20.0. The van der Waals surface area contributed by atoms with Gasteiger partial charge in [-0.1, -0.05) is 36.4 Å². The molecular weight excluding hydrogens is 367 g/mol. The molecule has 0 unspecified atom stereocenters. The van der Waals surface area contributed by atoms with Crippen molar-refractivity contribution in [3.63, 3.8) is 0 Å². The largest absolute Gasteiger partial charge is 0.459 e. The van der Waals surface area contributed by atoms with Gasteiger partial charge in [0.05, 0.1) is 11.1 Å². The fourth-order valence-electron chi connectivity index (χ4n) is 3.03. The molecule has 0 aromatic heterocycles. The summed E-state index contributed by atoms with van der Waals surface area (Å²) in [5, 5.41) is 0. The second-order valence-electron chi connectivity index (χ2n) is 6.55. The maximum Gasteiger partial charge on any atom is 0.338 e. The molecule has 148 valence electrons. The molecule has 1 fully saturated rings. The molecule has 0 bridgehead atoms. The van der Waals surface area contributed by atoms with E-state index in [-0.39, 0.29) is 12.2 Å². The Morgan fingerprint density at radius 1 is 1.00 bits per heavy atom. The summed E-state index contributed by atoms with van der Waals surface area (Å²) in [5.74, 6) is -1.29. The maximum absolute atomic E-state index is 15.1. The van der Waals surface area contributed by atoms with E-state index < -0.39 is 36.1 Å². The standard InChI is InChI=1S/C21H21FO6/c1-21(28-19(24)15-11-7-4-8-12-15)17(22)16(27-20(21)25-2)13-26-18(23)14-9-5-3-6-10-14/h3-12,16-17,20H,13H2,1-2H3/t16-,17-,20-,21+/m1/s1. The number of carbonyl (C=O) groups excluding carboxylic acids is 2. The number of ether oxygens (including phenoxy) is 4. The monoisotopic (exact) mass is 388 g/mol. The van der Waals surface area contributed by atoms with E-state index in [1.807, 2.05) is 0 Å². The Labute approximate surface area is 162 Å². The lowest BCUT2D eigenvalue weighted by atomic mass is 9.98. The number of halogens is 1. The first-order valence-electron chi connectivity index (χ1n) is 8.78. The Hall–Kier alpha value is -2.77. The highest BCUT2D eigenvalue weighted by molar-refractivity contribution is 5.90. The first-order chi connectivity index (χ1) is 13.5. The van der Waals surface area contributed by atoms with E-state index in [1.165, 1.54) is 14.0 Å². The number of carbonyl (C=O) groups is 2. The molecule has 0 aliphatic carbocycles. The molecule has 0 saturated carbocycles. The molecule has 1 aliphatic rings. The molecule has 6 nitrogen and oxygen atoms in total. The van der Waals surface area contributed by atoms with E-state index in [9.17, 15) is 9.59 Å². The summed E-state index contributed by atoms with van der Waals surface area (Å²) in [6.45, 7) is 1.05. The summed E-state index contributed by atoms with van der Waals surface area (Å²) >= 11 is 0. The van der Waals surface area contributed by atoms with Crippen molar-refractivity contribution in [3.05, 3.63) is 71.8 Å². The average Bonchev–Trinajstić information content (AvgIpc) is 2.97. The van der Waals surface area contributed by atoms with E-state index >= 15 is 4.39 Å². The smallest absolute Gasteiger partial charge is 0.338 e. The summed E-state index contributed by atoms with van der Waals surface area (Å²) < 4.78 is 36.4. The molecule has 3 rings (SSSR count). The van der Waals surface area contributed by atoms with Crippen molar-refractivity contribution in [2.75, 3.05) is 13.7 Å². The molecule has 0 N–H and O–H groups in total. The van der Waals surface area contributed by atoms with Crippen LogP contribution in [0.1, 0.15) is 27.6 Å². The van der Waals surface area contributed by atoms with Gasteiger partial charge >= 0.3 is 11.9 Å². The second kappa shape index (κ2) is 8.50. The van der Waals surface area contributed by atoms with Crippen molar-refractivity contribution < 1.29 is 32.9 Å². The van der Waals surface area contributed by atoms with Crippen LogP contribution in [0.5, 0.6) is 0 Å². The molecule has 1 heterocycles. The maximum atomic E-state index is 15.1. The van der Waals surface area contributed by atoms with Gasteiger partial charge in [-0.25, -0.2) is 14.0 Å². The highest BCUT2D eigenvalue weighted by Gasteiger charge is 2.58. The Bertz CT molecular complexity index is 812. The van der Waals surface area contributed by atoms with Crippen molar-refractivity contribution in [1.82, 2.24) is 0 Å². The molecule has 2 aromatic carbocycles. The van der Waals surface area contributed by atoms with Gasteiger partial charge in [-0.2, -0.15) is 0 Å². The molecule has 0 spiro atoms. The second-order valence-corrected chi connectivity index (χ2v) is 6.55. The van der Waals surface area contributed by atoms with Crippen LogP contribution in [0.25, 0.3) is 0 Å². The van der Waals surface area contributed by atoms with Gasteiger partial charge in [0.25, 0.3) is 0 Å². The van der Waals surface area contributed by atoms with Crippen molar-refractivity contribution in [2.24, 2.45) is 0 Å². The van der Waals surface area contributed by atoms with Crippen molar-refractivity contribution in [3.8, 4) is 0 Å². The summed E-state index contributed by atoms with van der Waals surface area (Å²) in [7, 11) is 1.32. The SMILES string of the molecule is CO[C@@H]1O[C@H](COC(=O)c2ccccc2)[C@@H](F)[C@]1(C)OC(=O)c1ccccc1. The zero-order valence-electron chi connectivity index (χ0n) is 15.5. The van der Waals surface area contributed by atoms with Gasteiger partial charge in [-0.3, -0.25) is 0 Å². The van der Waals surface area contributed by atoms with Crippen LogP contribution in [0.2, 0.25) is 0 Å². The predicted molar refractivity (Wildman–Crippen MR) is 97.6 cm³/mol. The molecule has 0 radical (unpaired) electrons. The van der Waals surface area contributed by atoms with Crippen LogP contribution in [-0.2, 0) is 18.9 Å². The number of esters is 2. The van der Waals surface area contributed by atoms with Gasteiger partial charge in [-0.15, -0.1) is 0 Å². The topological polar surface area (TPSA) is 71.1 Å². The molecule has 2 aromatic rings. The zero-order valence-corrected chi connectivity index (χ0v) is 15.5. The molecule has 1 saturated heterocycles. The number of rotatable bonds is 6. The summed E-state index contributed by atoms with van der Waals surface area (Å²) in [6, 6.07) is 16.6. The van der Waals surface area contributed by atoms with Gasteiger partial charge < -0.3 is 18.9 Å². The number of methoxy groups -OCH3 is 1. The Morgan fingerprint density at radius 3 is 2.07 bits per heavy atom. The van der Waals surface area contributed by atoms with E-state index in [2.05, 4.69) is 0 Å². The number of hydrogen-bond donors (Lipinski definition) is 0. The van der Waals surface area contributed by atoms with Crippen molar-refractivity contribution >= 4 is 11.9 Å². The number of alkyl halides is 1. The Morgan fingerprint density at radius 2 is 1.54 bits per heavy atom. The van der Waals surface area contributed by atoms with Gasteiger partial charge in [0.2, 0.25) is 6.29 Å². The van der Waals surface area contributed by atoms with Gasteiger partial charge in [0.1, 0.15) is 12.7 Å². The molecular formula is C21H21FO6. The van der Waals surface area contributed by atoms with Crippen LogP contribution >= 0.6 is 0 Å². The molecule has 1 aliphatic heterocycles. The first-order valence-corrected chi connectivity index (χ1v) is 8.78. The molecule has 4 atom stereocenters. The number of hydrogen-bond acceptors (Lipinski definition) is 6. The lowest BCUT2D eigenvalue weighted by molar-refractivity contribution is -0.186. The summed E-state index contributed by atoms with van der Waals surface area (Å²) in [6.07, 6.45) is -4.03. The van der Waals surface area contributed by atoms with Gasteiger partial charge in [0, 0.05) is 7.11 Å². The summed E-state index contributed by atoms with van der Waals surface area (Å²) in [4.78, 5) is 24.5. The minimum Gasteiger partial charge on any atom is -0.459 e. The number of benzene rings is 2. The molecule has 7 heteroatoms. The fourth-order valence-corrected chi connectivity index (χ4v) is 3.03. The minimum absolute atomic E-state index is 0.282. The lowest BCUT2D eigenvalue weighted by Gasteiger charge is -2.30. The lowest BCUT2D eigenvalue weighted by Crippen LogP contribution is -2.48. The Kier molecular flexibility index (Phi) is 6.06. The minimum atomic E-state index is -1.76. The highest BCUT2D eigenvalue weighted by atomic mass is 19.1. The van der Waals surface area contributed by atoms with Crippen LogP contribution in [0.4, 0.5) is 4.39 Å². The fraction of sp³-hybridized carbons (Fsp3) is 0.333. The third-order valence-corrected chi connectivity index (χ3v) is 4.56. The van der Waals surface area contributed by atoms with E-state index in [0.29, 0.717) is 5.56 Å². The van der Waals surface area contributed by atoms with Crippen LogP contribution in [-0.4, -0.2) is 49.8 Å². The van der Waals surface area contributed by atoms with Gasteiger partial charge in [0.15, 0.2) is 11.8 Å².